The standard InChI is InChI=1S/C14H15FN4S/c1-18(9-10-2-4-11(15)5-3-10)13-12(8-16)19-6-7-20-14(19)17-13/h2-7H,8-9,16H2,1H3. The monoisotopic (exact) mass is 290 g/mol. The van der Waals surface area contributed by atoms with Crippen LogP contribution in [0.3, 0.4) is 0 Å². The van der Waals surface area contributed by atoms with Gasteiger partial charge in [-0.05, 0) is 17.7 Å². The fraction of sp³-hybridized carbons (Fsp3) is 0.214. The molecule has 2 heterocycles. The van der Waals surface area contributed by atoms with E-state index in [2.05, 4.69) is 4.98 Å². The van der Waals surface area contributed by atoms with Gasteiger partial charge in [0.15, 0.2) is 10.8 Å². The van der Waals surface area contributed by atoms with Gasteiger partial charge in [-0.15, -0.1) is 11.3 Å². The summed E-state index contributed by atoms with van der Waals surface area (Å²) < 4.78 is 14.9. The number of nitrogens with two attached hydrogens (primary N) is 1. The minimum Gasteiger partial charge on any atom is -0.354 e. The third kappa shape index (κ3) is 2.28. The number of imidazole rings is 1. The molecule has 20 heavy (non-hydrogen) atoms. The van der Waals surface area contributed by atoms with E-state index in [0.717, 1.165) is 22.0 Å². The number of anilines is 1. The highest BCUT2D eigenvalue weighted by Gasteiger charge is 2.15. The largest absolute Gasteiger partial charge is 0.354 e. The summed E-state index contributed by atoms with van der Waals surface area (Å²) in [7, 11) is 1.97. The van der Waals surface area contributed by atoms with Gasteiger partial charge < -0.3 is 10.6 Å². The number of rotatable bonds is 4. The number of hydrogen-bond donors (Lipinski definition) is 1. The average molecular weight is 290 g/mol. The normalized spacial score (nSPS) is 11.2. The van der Waals surface area contributed by atoms with Crippen molar-refractivity contribution in [1.29, 1.82) is 0 Å². The zero-order chi connectivity index (χ0) is 14.1. The van der Waals surface area contributed by atoms with E-state index in [1.54, 1.807) is 23.5 Å². The lowest BCUT2D eigenvalue weighted by Crippen LogP contribution is -2.19. The summed E-state index contributed by atoms with van der Waals surface area (Å²) in [5.74, 6) is 0.658. The number of benzene rings is 1. The van der Waals surface area contributed by atoms with Crippen molar-refractivity contribution in [3.63, 3.8) is 0 Å². The van der Waals surface area contributed by atoms with E-state index in [1.165, 1.54) is 12.1 Å². The molecule has 2 N–H and O–H groups in total. The SMILES string of the molecule is CN(Cc1ccc(F)cc1)c1nc2sccn2c1CN. The first-order chi connectivity index (χ1) is 9.69. The van der Waals surface area contributed by atoms with Crippen LogP contribution >= 0.6 is 11.3 Å². The molecule has 2 aromatic heterocycles. The highest BCUT2D eigenvalue weighted by atomic mass is 32.1. The van der Waals surface area contributed by atoms with Gasteiger partial charge >= 0.3 is 0 Å². The van der Waals surface area contributed by atoms with Gasteiger partial charge in [0.05, 0.1) is 5.69 Å². The fourth-order valence-electron chi connectivity index (χ4n) is 2.26. The molecule has 0 saturated carbocycles. The molecular weight excluding hydrogens is 275 g/mol. The molecule has 0 fully saturated rings. The van der Waals surface area contributed by atoms with Gasteiger partial charge in [-0.2, -0.15) is 0 Å². The van der Waals surface area contributed by atoms with Crippen LogP contribution in [-0.2, 0) is 13.1 Å². The zero-order valence-corrected chi connectivity index (χ0v) is 11.9. The molecule has 0 radical (unpaired) electrons. The van der Waals surface area contributed by atoms with E-state index in [0.29, 0.717) is 13.1 Å². The molecule has 6 heteroatoms. The first-order valence-corrected chi connectivity index (χ1v) is 7.17. The number of nitrogens with zero attached hydrogens (tertiary/aromatic N) is 3. The van der Waals surface area contributed by atoms with E-state index in [4.69, 9.17) is 5.73 Å². The highest BCUT2D eigenvalue weighted by molar-refractivity contribution is 7.15. The Morgan fingerprint density at radius 2 is 2.10 bits per heavy atom. The topological polar surface area (TPSA) is 46.6 Å². The molecule has 3 aromatic rings. The second-order valence-electron chi connectivity index (χ2n) is 4.62. The molecule has 0 spiro atoms. The fourth-order valence-corrected chi connectivity index (χ4v) is 2.98. The van der Waals surface area contributed by atoms with Crippen molar-refractivity contribution < 1.29 is 4.39 Å². The lowest BCUT2D eigenvalue weighted by atomic mass is 10.2. The van der Waals surface area contributed by atoms with Crippen molar-refractivity contribution >= 4 is 22.1 Å². The molecular formula is C14H15FN4S. The number of halogens is 1. The average Bonchev–Trinajstić information content (AvgIpc) is 3.01. The van der Waals surface area contributed by atoms with Gasteiger partial charge in [0.2, 0.25) is 0 Å². The summed E-state index contributed by atoms with van der Waals surface area (Å²) >= 11 is 1.58. The molecule has 3 rings (SSSR count). The molecule has 1 aromatic carbocycles. The van der Waals surface area contributed by atoms with Crippen LogP contribution in [0.4, 0.5) is 10.2 Å². The van der Waals surface area contributed by atoms with Crippen LogP contribution in [0.15, 0.2) is 35.8 Å². The van der Waals surface area contributed by atoms with Crippen molar-refractivity contribution in [3.05, 3.63) is 52.9 Å². The molecule has 0 atom stereocenters. The maximum absolute atomic E-state index is 12.9. The first kappa shape index (κ1) is 13.1. The maximum Gasteiger partial charge on any atom is 0.195 e. The molecule has 4 nitrogen and oxygen atoms in total. The summed E-state index contributed by atoms with van der Waals surface area (Å²) in [5, 5.41) is 1.99. The predicted molar refractivity (Wildman–Crippen MR) is 79.5 cm³/mol. The van der Waals surface area contributed by atoms with Crippen molar-refractivity contribution in [2.45, 2.75) is 13.1 Å². The molecule has 0 aliphatic heterocycles. The van der Waals surface area contributed by atoms with Crippen LogP contribution in [0.1, 0.15) is 11.3 Å². The summed E-state index contributed by atoms with van der Waals surface area (Å²) in [6.45, 7) is 1.10. The highest BCUT2D eigenvalue weighted by Crippen LogP contribution is 2.24. The Kier molecular flexibility index (Phi) is 3.42. The van der Waals surface area contributed by atoms with Crippen molar-refractivity contribution in [2.24, 2.45) is 5.73 Å². The quantitative estimate of drug-likeness (QED) is 0.803. The van der Waals surface area contributed by atoms with Gasteiger partial charge in [-0.25, -0.2) is 9.37 Å². The van der Waals surface area contributed by atoms with Crippen molar-refractivity contribution in [2.75, 3.05) is 11.9 Å². The van der Waals surface area contributed by atoms with E-state index in [-0.39, 0.29) is 5.82 Å². The van der Waals surface area contributed by atoms with Crippen LogP contribution in [0.2, 0.25) is 0 Å². The predicted octanol–water partition coefficient (Wildman–Crippen LogP) is 2.63. The van der Waals surface area contributed by atoms with E-state index >= 15 is 0 Å². The number of aromatic nitrogens is 2. The number of hydrogen-bond acceptors (Lipinski definition) is 4. The summed E-state index contributed by atoms with van der Waals surface area (Å²) in [6.07, 6.45) is 1.98. The second kappa shape index (κ2) is 5.22. The van der Waals surface area contributed by atoms with Crippen LogP contribution in [0.25, 0.3) is 4.96 Å². The lowest BCUT2D eigenvalue weighted by Gasteiger charge is -2.18. The van der Waals surface area contributed by atoms with Gasteiger partial charge in [-0.1, -0.05) is 12.1 Å². The number of thiazole rings is 1. The zero-order valence-electron chi connectivity index (χ0n) is 11.1. The first-order valence-electron chi connectivity index (χ1n) is 6.29. The minimum absolute atomic E-state index is 0.221. The maximum atomic E-state index is 12.9. The Morgan fingerprint density at radius 3 is 2.80 bits per heavy atom. The van der Waals surface area contributed by atoms with Crippen LogP contribution in [-0.4, -0.2) is 16.4 Å². The Hall–Kier alpha value is -1.92. The Labute approximate surface area is 120 Å². The van der Waals surface area contributed by atoms with Crippen molar-refractivity contribution in [3.8, 4) is 0 Å². The van der Waals surface area contributed by atoms with Crippen LogP contribution < -0.4 is 10.6 Å². The van der Waals surface area contributed by atoms with Crippen molar-refractivity contribution in [1.82, 2.24) is 9.38 Å². The Balaban J connectivity index is 1.89. The van der Waals surface area contributed by atoms with E-state index in [9.17, 15) is 4.39 Å². The van der Waals surface area contributed by atoms with E-state index in [1.807, 2.05) is 27.9 Å². The molecule has 0 amide bonds. The van der Waals surface area contributed by atoms with Gasteiger partial charge in [0.1, 0.15) is 5.82 Å². The Bertz CT molecular complexity index is 716. The molecule has 0 unspecified atom stereocenters. The molecule has 0 saturated heterocycles. The molecule has 0 aliphatic carbocycles. The molecule has 104 valence electrons. The van der Waals surface area contributed by atoms with Gasteiger partial charge in [-0.3, -0.25) is 4.40 Å². The number of fused-ring (bicyclic) bond motifs is 1. The minimum atomic E-state index is -0.221. The summed E-state index contributed by atoms with van der Waals surface area (Å²) in [4.78, 5) is 7.58. The molecule has 0 aliphatic rings. The summed E-state index contributed by atoms with van der Waals surface area (Å²) in [5.41, 5.74) is 7.87. The second-order valence-corrected chi connectivity index (χ2v) is 5.50. The van der Waals surface area contributed by atoms with Gasteiger partial charge in [0, 0.05) is 31.7 Å². The smallest absolute Gasteiger partial charge is 0.195 e. The lowest BCUT2D eigenvalue weighted by molar-refractivity contribution is 0.627. The van der Waals surface area contributed by atoms with Crippen LogP contribution in [0, 0.1) is 5.82 Å². The third-order valence-corrected chi connectivity index (χ3v) is 3.98. The van der Waals surface area contributed by atoms with E-state index < -0.39 is 0 Å². The van der Waals surface area contributed by atoms with Crippen LogP contribution in [0.5, 0.6) is 0 Å². The molecule has 0 bridgehead atoms. The summed E-state index contributed by atoms with van der Waals surface area (Å²) in [6, 6.07) is 6.51. The third-order valence-electron chi connectivity index (χ3n) is 3.23. The Morgan fingerprint density at radius 1 is 1.35 bits per heavy atom. The van der Waals surface area contributed by atoms with Gasteiger partial charge in [0.25, 0.3) is 0 Å².